The van der Waals surface area contributed by atoms with Gasteiger partial charge in [0.2, 0.25) is 0 Å². The first-order valence-corrected chi connectivity index (χ1v) is 7.48. The molecule has 0 amide bonds. The van der Waals surface area contributed by atoms with Gasteiger partial charge < -0.3 is 15.4 Å². The maximum atomic E-state index is 13.9. The number of nitrogens with zero attached hydrogens (tertiary/aromatic N) is 3. The van der Waals surface area contributed by atoms with Crippen LogP contribution in [0.15, 0.2) is 30.9 Å². The summed E-state index contributed by atoms with van der Waals surface area (Å²) in [6, 6.07) is 4.56. The summed E-state index contributed by atoms with van der Waals surface area (Å²) < 4.78 is 13.9. The van der Waals surface area contributed by atoms with Gasteiger partial charge in [0, 0.05) is 29.7 Å². The molecule has 1 unspecified atom stereocenters. The van der Waals surface area contributed by atoms with Crippen LogP contribution in [0.1, 0.15) is 5.56 Å². The predicted molar refractivity (Wildman–Crippen MR) is 85.9 cm³/mol. The molecule has 0 saturated carbocycles. The summed E-state index contributed by atoms with van der Waals surface area (Å²) in [5.41, 5.74) is 1.65. The topological polar surface area (TPSA) is 86.7 Å². The van der Waals surface area contributed by atoms with E-state index in [9.17, 15) is 9.50 Å². The second-order valence-corrected chi connectivity index (χ2v) is 5.56. The Balaban J connectivity index is 1.72. The summed E-state index contributed by atoms with van der Waals surface area (Å²) >= 11 is 6.04. The Morgan fingerprint density at radius 3 is 2.96 bits per heavy atom. The molecule has 1 atom stereocenters. The van der Waals surface area contributed by atoms with E-state index in [0.29, 0.717) is 40.5 Å². The lowest BCUT2D eigenvalue weighted by molar-refractivity contribution is 0.232. The van der Waals surface area contributed by atoms with Gasteiger partial charge in [-0.1, -0.05) is 17.7 Å². The molecule has 2 aromatic heterocycles. The van der Waals surface area contributed by atoms with Crippen molar-refractivity contribution in [2.24, 2.45) is 5.92 Å². The first-order chi connectivity index (χ1) is 11.2. The Morgan fingerprint density at radius 1 is 1.30 bits per heavy atom. The van der Waals surface area contributed by atoms with Crippen molar-refractivity contribution in [3.63, 3.8) is 0 Å². The molecule has 0 aliphatic heterocycles. The molecule has 0 radical (unpaired) electrons. The van der Waals surface area contributed by atoms with Crippen LogP contribution in [0.3, 0.4) is 0 Å². The number of H-pyrrole nitrogens is 1. The van der Waals surface area contributed by atoms with Gasteiger partial charge in [-0.3, -0.25) is 0 Å². The Bertz CT molecular complexity index is 789. The van der Waals surface area contributed by atoms with Crippen molar-refractivity contribution in [2.75, 3.05) is 18.5 Å². The average Bonchev–Trinajstić information content (AvgIpc) is 3.03. The van der Waals surface area contributed by atoms with Gasteiger partial charge in [0.05, 0.1) is 6.33 Å². The molecule has 0 bridgehead atoms. The van der Waals surface area contributed by atoms with Gasteiger partial charge >= 0.3 is 0 Å². The monoisotopic (exact) mass is 335 g/mol. The molecule has 0 aliphatic carbocycles. The third-order valence-electron chi connectivity index (χ3n) is 3.59. The fourth-order valence-corrected chi connectivity index (χ4v) is 2.60. The molecular weight excluding hydrogens is 321 g/mol. The lowest BCUT2D eigenvalue weighted by atomic mass is 9.99. The highest BCUT2D eigenvalue weighted by molar-refractivity contribution is 6.31. The van der Waals surface area contributed by atoms with Crippen LogP contribution in [0, 0.1) is 11.7 Å². The highest BCUT2D eigenvalue weighted by Crippen LogP contribution is 2.23. The number of hydrogen-bond acceptors (Lipinski definition) is 5. The number of halogens is 2. The maximum absolute atomic E-state index is 13.9. The number of benzene rings is 1. The van der Waals surface area contributed by atoms with Crippen LogP contribution in [0.25, 0.3) is 11.2 Å². The SMILES string of the molecule is OCC(CNc1ncnc2nc[nH]c12)Cc1c(F)cccc1Cl. The van der Waals surface area contributed by atoms with Crippen LogP contribution in [0.4, 0.5) is 10.2 Å². The quantitative estimate of drug-likeness (QED) is 0.644. The van der Waals surface area contributed by atoms with E-state index < -0.39 is 0 Å². The summed E-state index contributed by atoms with van der Waals surface area (Å²) in [5.74, 6) is 0.0110. The Labute approximate surface area is 136 Å². The fraction of sp³-hybridized carbons (Fsp3) is 0.267. The zero-order chi connectivity index (χ0) is 16.2. The smallest absolute Gasteiger partial charge is 0.182 e. The predicted octanol–water partition coefficient (Wildman–Crippen LogP) is 2.41. The minimum absolute atomic E-state index is 0.102. The van der Waals surface area contributed by atoms with Gasteiger partial charge in [0.25, 0.3) is 0 Å². The average molecular weight is 336 g/mol. The van der Waals surface area contributed by atoms with Gasteiger partial charge in [0.1, 0.15) is 17.7 Å². The molecule has 3 rings (SSSR count). The van der Waals surface area contributed by atoms with Crippen molar-refractivity contribution in [2.45, 2.75) is 6.42 Å². The lowest BCUT2D eigenvalue weighted by Crippen LogP contribution is -2.21. The van der Waals surface area contributed by atoms with Crippen LogP contribution >= 0.6 is 11.6 Å². The normalized spacial score (nSPS) is 12.5. The Hall–Kier alpha value is -2.25. The van der Waals surface area contributed by atoms with Crippen LogP contribution < -0.4 is 5.32 Å². The number of aromatic nitrogens is 4. The number of rotatable bonds is 6. The molecule has 3 N–H and O–H groups in total. The third kappa shape index (κ3) is 3.40. The van der Waals surface area contributed by atoms with E-state index >= 15 is 0 Å². The van der Waals surface area contributed by atoms with E-state index in [1.165, 1.54) is 18.7 Å². The summed E-state index contributed by atoms with van der Waals surface area (Å²) in [5, 5.41) is 13.1. The molecule has 0 spiro atoms. The fourth-order valence-electron chi connectivity index (χ4n) is 2.36. The molecule has 0 fully saturated rings. The van der Waals surface area contributed by atoms with E-state index in [1.807, 2.05) is 0 Å². The second-order valence-electron chi connectivity index (χ2n) is 5.16. The number of anilines is 1. The minimum Gasteiger partial charge on any atom is -0.396 e. The van der Waals surface area contributed by atoms with Gasteiger partial charge in [-0.05, 0) is 18.6 Å². The molecule has 0 saturated heterocycles. The van der Waals surface area contributed by atoms with Crippen LogP contribution in [-0.4, -0.2) is 38.2 Å². The number of fused-ring (bicyclic) bond motifs is 1. The summed E-state index contributed by atoms with van der Waals surface area (Å²) in [4.78, 5) is 15.2. The largest absolute Gasteiger partial charge is 0.396 e. The van der Waals surface area contributed by atoms with E-state index in [2.05, 4.69) is 25.3 Å². The number of nitrogens with one attached hydrogen (secondary N) is 2. The number of imidazole rings is 1. The van der Waals surface area contributed by atoms with Crippen molar-refractivity contribution in [3.05, 3.63) is 47.3 Å². The van der Waals surface area contributed by atoms with Crippen molar-refractivity contribution in [3.8, 4) is 0 Å². The Kier molecular flexibility index (Phi) is 4.68. The molecule has 6 nitrogen and oxygen atoms in total. The van der Waals surface area contributed by atoms with Gasteiger partial charge in [-0.15, -0.1) is 0 Å². The standard InChI is InChI=1S/C15H15ClFN5O/c16-11-2-1-3-12(17)10(11)4-9(6-23)5-18-14-13-15(20-7-19-13)22-8-21-14/h1-3,7-9,23H,4-6H2,(H2,18,19,20,21,22). The van der Waals surface area contributed by atoms with Crippen LogP contribution in [0.2, 0.25) is 5.02 Å². The first-order valence-electron chi connectivity index (χ1n) is 7.10. The zero-order valence-electron chi connectivity index (χ0n) is 12.1. The van der Waals surface area contributed by atoms with Gasteiger partial charge in [0.15, 0.2) is 11.5 Å². The summed E-state index contributed by atoms with van der Waals surface area (Å²) in [6.45, 7) is 0.307. The molecule has 1 aromatic carbocycles. The van der Waals surface area contributed by atoms with Crippen molar-refractivity contribution in [1.82, 2.24) is 19.9 Å². The Morgan fingerprint density at radius 2 is 2.17 bits per heavy atom. The molecule has 23 heavy (non-hydrogen) atoms. The van der Waals surface area contributed by atoms with E-state index in [-0.39, 0.29) is 18.3 Å². The van der Waals surface area contributed by atoms with Crippen LogP contribution in [-0.2, 0) is 6.42 Å². The van der Waals surface area contributed by atoms with Crippen molar-refractivity contribution < 1.29 is 9.50 Å². The van der Waals surface area contributed by atoms with Crippen molar-refractivity contribution in [1.29, 1.82) is 0 Å². The van der Waals surface area contributed by atoms with E-state index in [0.717, 1.165) is 0 Å². The zero-order valence-corrected chi connectivity index (χ0v) is 12.9. The summed E-state index contributed by atoms with van der Waals surface area (Å²) in [6.07, 6.45) is 3.27. The molecule has 3 aromatic rings. The van der Waals surface area contributed by atoms with Crippen LogP contribution in [0.5, 0.6) is 0 Å². The summed E-state index contributed by atoms with van der Waals surface area (Å²) in [7, 11) is 0. The van der Waals surface area contributed by atoms with E-state index in [4.69, 9.17) is 11.6 Å². The molecule has 2 heterocycles. The lowest BCUT2D eigenvalue weighted by Gasteiger charge is -2.17. The molecule has 8 heteroatoms. The minimum atomic E-state index is -0.367. The highest BCUT2D eigenvalue weighted by Gasteiger charge is 2.15. The van der Waals surface area contributed by atoms with Crippen molar-refractivity contribution >= 4 is 28.6 Å². The number of hydrogen-bond donors (Lipinski definition) is 3. The molecule has 0 aliphatic rings. The number of aliphatic hydroxyl groups is 1. The van der Waals surface area contributed by atoms with E-state index in [1.54, 1.807) is 12.1 Å². The maximum Gasteiger partial charge on any atom is 0.182 e. The highest BCUT2D eigenvalue weighted by atomic mass is 35.5. The molecular formula is C15H15ClFN5O. The molecule has 120 valence electrons. The third-order valence-corrected chi connectivity index (χ3v) is 3.95. The van der Waals surface area contributed by atoms with Gasteiger partial charge in [-0.25, -0.2) is 19.3 Å². The first kappa shape index (κ1) is 15.6. The number of aromatic amines is 1. The van der Waals surface area contributed by atoms with Gasteiger partial charge in [-0.2, -0.15) is 0 Å². The number of aliphatic hydroxyl groups excluding tert-OH is 1. The second kappa shape index (κ2) is 6.89.